The molecule has 94 valence electrons. The highest BCUT2D eigenvalue weighted by Gasteiger charge is 2.08. The molecule has 5 heteroatoms. The summed E-state index contributed by atoms with van der Waals surface area (Å²) in [6.07, 6.45) is 0. The van der Waals surface area contributed by atoms with Gasteiger partial charge in [0.15, 0.2) is 0 Å². The first-order valence-corrected chi connectivity index (χ1v) is 6.18. The molecule has 0 unspecified atom stereocenters. The van der Waals surface area contributed by atoms with Gasteiger partial charge in [-0.3, -0.25) is 0 Å². The van der Waals surface area contributed by atoms with Crippen molar-refractivity contribution in [2.75, 3.05) is 27.2 Å². The third-order valence-electron chi connectivity index (χ3n) is 2.48. The van der Waals surface area contributed by atoms with E-state index in [1.54, 1.807) is 12.1 Å². The van der Waals surface area contributed by atoms with E-state index in [0.717, 1.165) is 29.7 Å². The zero-order chi connectivity index (χ0) is 12.8. The van der Waals surface area contributed by atoms with Crippen LogP contribution in [0.3, 0.4) is 0 Å². The van der Waals surface area contributed by atoms with E-state index in [0.29, 0.717) is 5.56 Å². The maximum absolute atomic E-state index is 10.8. The van der Waals surface area contributed by atoms with Crippen molar-refractivity contribution in [2.45, 2.75) is 6.54 Å². The van der Waals surface area contributed by atoms with Crippen molar-refractivity contribution in [1.82, 2.24) is 10.2 Å². The van der Waals surface area contributed by atoms with Crippen LogP contribution >= 0.6 is 15.9 Å². The molecule has 0 heterocycles. The van der Waals surface area contributed by atoms with Gasteiger partial charge in [0, 0.05) is 24.1 Å². The number of carboxylic acids is 1. The molecular formula is C12H17BrN2O2. The van der Waals surface area contributed by atoms with Gasteiger partial charge < -0.3 is 15.3 Å². The van der Waals surface area contributed by atoms with Gasteiger partial charge in [-0.2, -0.15) is 0 Å². The van der Waals surface area contributed by atoms with E-state index in [1.165, 1.54) is 0 Å². The second-order valence-corrected chi connectivity index (χ2v) is 4.81. The topological polar surface area (TPSA) is 52.6 Å². The summed E-state index contributed by atoms with van der Waals surface area (Å²) in [4.78, 5) is 13.0. The highest BCUT2D eigenvalue weighted by atomic mass is 79.9. The molecule has 0 saturated carbocycles. The predicted molar refractivity (Wildman–Crippen MR) is 71.4 cm³/mol. The van der Waals surface area contributed by atoms with E-state index in [-0.39, 0.29) is 0 Å². The van der Waals surface area contributed by atoms with E-state index < -0.39 is 5.97 Å². The largest absolute Gasteiger partial charge is 0.478 e. The monoisotopic (exact) mass is 300 g/mol. The second-order valence-electron chi connectivity index (χ2n) is 3.95. The highest BCUT2D eigenvalue weighted by molar-refractivity contribution is 9.10. The number of hydrogen-bond acceptors (Lipinski definition) is 3. The van der Waals surface area contributed by atoms with E-state index in [2.05, 4.69) is 26.1 Å². The lowest BCUT2D eigenvalue weighted by atomic mass is 10.1. The SMILES string of the molecule is CNCCN(C)Cc1ccc(C(=O)O)cc1Br. The second kappa shape index (κ2) is 6.74. The van der Waals surface area contributed by atoms with Gasteiger partial charge in [-0.05, 0) is 31.8 Å². The maximum Gasteiger partial charge on any atom is 0.335 e. The van der Waals surface area contributed by atoms with Crippen LogP contribution in [0.15, 0.2) is 22.7 Å². The minimum atomic E-state index is -0.902. The molecule has 0 saturated heterocycles. The molecule has 1 aromatic rings. The van der Waals surface area contributed by atoms with Gasteiger partial charge in [-0.25, -0.2) is 4.79 Å². The number of rotatable bonds is 6. The number of hydrogen-bond donors (Lipinski definition) is 2. The number of nitrogens with zero attached hydrogens (tertiary/aromatic N) is 1. The summed E-state index contributed by atoms with van der Waals surface area (Å²) in [5, 5.41) is 12.0. The van der Waals surface area contributed by atoms with Crippen LogP contribution in [0.1, 0.15) is 15.9 Å². The Bertz CT molecular complexity index is 396. The van der Waals surface area contributed by atoms with Crippen LogP contribution in [0.2, 0.25) is 0 Å². The van der Waals surface area contributed by atoms with Crippen LogP contribution < -0.4 is 5.32 Å². The van der Waals surface area contributed by atoms with E-state index in [1.807, 2.05) is 20.2 Å². The zero-order valence-electron chi connectivity index (χ0n) is 10.0. The number of nitrogens with one attached hydrogen (secondary N) is 1. The van der Waals surface area contributed by atoms with Crippen molar-refractivity contribution in [3.8, 4) is 0 Å². The first-order chi connectivity index (χ1) is 8.04. The Morgan fingerprint density at radius 1 is 1.53 bits per heavy atom. The number of likely N-dealkylation sites (N-methyl/N-ethyl adjacent to an activating group) is 2. The number of carboxylic acid groups (broad SMARTS) is 1. The molecule has 0 fully saturated rings. The molecule has 1 rings (SSSR count). The predicted octanol–water partition coefficient (Wildman–Crippen LogP) is 1.80. The molecule has 0 radical (unpaired) electrons. The van der Waals surface area contributed by atoms with Crippen LogP contribution in [-0.4, -0.2) is 43.2 Å². The molecule has 2 N–H and O–H groups in total. The summed E-state index contributed by atoms with van der Waals surface area (Å²) >= 11 is 3.41. The summed E-state index contributed by atoms with van der Waals surface area (Å²) in [5.74, 6) is -0.902. The van der Waals surface area contributed by atoms with E-state index in [4.69, 9.17) is 5.11 Å². The summed E-state index contributed by atoms with van der Waals surface area (Å²) in [6.45, 7) is 2.67. The smallest absolute Gasteiger partial charge is 0.335 e. The molecule has 0 amide bonds. The van der Waals surface area contributed by atoms with Crippen molar-refractivity contribution in [3.05, 3.63) is 33.8 Å². The fourth-order valence-electron chi connectivity index (χ4n) is 1.48. The van der Waals surface area contributed by atoms with Crippen molar-refractivity contribution < 1.29 is 9.90 Å². The Morgan fingerprint density at radius 3 is 2.76 bits per heavy atom. The summed E-state index contributed by atoms with van der Waals surface area (Å²) in [5.41, 5.74) is 1.40. The quantitative estimate of drug-likeness (QED) is 0.841. The molecule has 17 heavy (non-hydrogen) atoms. The van der Waals surface area contributed by atoms with Crippen LogP contribution in [0.25, 0.3) is 0 Å². The van der Waals surface area contributed by atoms with Gasteiger partial charge in [-0.1, -0.05) is 22.0 Å². The first-order valence-electron chi connectivity index (χ1n) is 5.39. The average Bonchev–Trinajstić information content (AvgIpc) is 2.28. The molecule has 1 aromatic carbocycles. The Hall–Kier alpha value is -0.910. The van der Waals surface area contributed by atoms with Crippen molar-refractivity contribution >= 4 is 21.9 Å². The fourth-order valence-corrected chi connectivity index (χ4v) is 1.99. The molecule has 0 spiro atoms. The lowest BCUT2D eigenvalue weighted by molar-refractivity contribution is 0.0697. The van der Waals surface area contributed by atoms with Crippen LogP contribution in [0.4, 0.5) is 0 Å². The number of carbonyl (C=O) groups is 1. The molecule has 0 aliphatic carbocycles. The Balaban J connectivity index is 2.69. The molecule has 4 nitrogen and oxygen atoms in total. The lowest BCUT2D eigenvalue weighted by Crippen LogP contribution is -2.27. The highest BCUT2D eigenvalue weighted by Crippen LogP contribution is 2.20. The zero-order valence-corrected chi connectivity index (χ0v) is 11.6. The van der Waals surface area contributed by atoms with E-state index in [9.17, 15) is 4.79 Å². The molecule has 0 bridgehead atoms. The Morgan fingerprint density at radius 2 is 2.24 bits per heavy atom. The third kappa shape index (κ3) is 4.46. The normalized spacial score (nSPS) is 10.8. The van der Waals surface area contributed by atoms with Gasteiger partial charge in [-0.15, -0.1) is 0 Å². The van der Waals surface area contributed by atoms with Gasteiger partial charge in [0.25, 0.3) is 0 Å². The van der Waals surface area contributed by atoms with Gasteiger partial charge >= 0.3 is 5.97 Å². The standard InChI is InChI=1S/C12H17BrN2O2/c1-14-5-6-15(2)8-10-4-3-9(12(16)17)7-11(10)13/h3-4,7,14H,5-6,8H2,1-2H3,(H,16,17). The Labute approximate surface area is 110 Å². The number of halogens is 1. The Kier molecular flexibility index (Phi) is 5.61. The first kappa shape index (κ1) is 14.2. The average molecular weight is 301 g/mol. The van der Waals surface area contributed by atoms with Crippen molar-refractivity contribution in [2.24, 2.45) is 0 Å². The molecule has 0 aromatic heterocycles. The molecule has 0 aliphatic rings. The molecule has 0 aliphatic heterocycles. The summed E-state index contributed by atoms with van der Waals surface area (Å²) in [7, 11) is 3.96. The van der Waals surface area contributed by atoms with Gasteiger partial charge in [0.1, 0.15) is 0 Å². The minimum absolute atomic E-state index is 0.304. The summed E-state index contributed by atoms with van der Waals surface area (Å²) < 4.78 is 0.841. The van der Waals surface area contributed by atoms with Crippen molar-refractivity contribution in [3.63, 3.8) is 0 Å². The molecular weight excluding hydrogens is 284 g/mol. The van der Waals surface area contributed by atoms with E-state index >= 15 is 0 Å². The third-order valence-corrected chi connectivity index (χ3v) is 3.22. The van der Waals surface area contributed by atoms with Crippen LogP contribution in [0.5, 0.6) is 0 Å². The minimum Gasteiger partial charge on any atom is -0.478 e. The number of benzene rings is 1. The lowest BCUT2D eigenvalue weighted by Gasteiger charge is -2.17. The fraction of sp³-hybridized carbons (Fsp3) is 0.417. The van der Waals surface area contributed by atoms with Crippen LogP contribution in [0, 0.1) is 0 Å². The van der Waals surface area contributed by atoms with Crippen molar-refractivity contribution in [1.29, 1.82) is 0 Å². The van der Waals surface area contributed by atoms with Crippen LogP contribution in [-0.2, 0) is 6.54 Å². The summed E-state index contributed by atoms with van der Waals surface area (Å²) in [6, 6.07) is 5.13. The maximum atomic E-state index is 10.8. The molecule has 0 atom stereocenters. The number of aromatic carboxylic acids is 1. The van der Waals surface area contributed by atoms with Gasteiger partial charge in [0.05, 0.1) is 5.56 Å². The van der Waals surface area contributed by atoms with Gasteiger partial charge in [0.2, 0.25) is 0 Å².